The zero-order valence-electron chi connectivity index (χ0n) is 12.7. The number of nitrogens with one attached hydrogen (secondary N) is 2. The second-order valence-electron chi connectivity index (χ2n) is 5.86. The van der Waals surface area contributed by atoms with Crippen molar-refractivity contribution in [3.05, 3.63) is 36.5 Å². The summed E-state index contributed by atoms with van der Waals surface area (Å²) in [6.45, 7) is 3.51. The van der Waals surface area contributed by atoms with Crippen LogP contribution >= 0.6 is 0 Å². The fourth-order valence-corrected chi connectivity index (χ4v) is 2.85. The van der Waals surface area contributed by atoms with Gasteiger partial charge < -0.3 is 20.5 Å². The fraction of sp³-hybridized carbons (Fsp3) is 0.471. The number of nitrogens with zero attached hydrogens (tertiary/aromatic N) is 1. The number of hydrogen-bond acceptors (Lipinski definition) is 5. The molecular formula is C17H23N3O2. The quantitative estimate of drug-likeness (QED) is 0.702. The highest BCUT2D eigenvalue weighted by Gasteiger charge is 2.28. The number of benzene rings is 1. The molecule has 0 spiro atoms. The normalized spacial score (nSPS) is 21.9. The summed E-state index contributed by atoms with van der Waals surface area (Å²) in [4.78, 5) is 4.37. The van der Waals surface area contributed by atoms with Gasteiger partial charge in [0.15, 0.2) is 0 Å². The minimum absolute atomic E-state index is 0.555. The third-order valence-corrected chi connectivity index (χ3v) is 4.04. The number of rotatable bonds is 6. The Hall–Kier alpha value is -1.69. The molecule has 0 amide bonds. The van der Waals surface area contributed by atoms with Crippen molar-refractivity contribution in [1.82, 2.24) is 15.6 Å². The number of β-amino-alcohol motifs (C(OH)–C–C–N with tert-alkyl or cyclic N) is 1. The van der Waals surface area contributed by atoms with E-state index in [2.05, 4.69) is 15.6 Å². The first-order valence-electron chi connectivity index (χ1n) is 7.87. The Balaban J connectivity index is 1.46. The number of para-hydroxylation sites is 1. The van der Waals surface area contributed by atoms with Crippen molar-refractivity contribution in [2.45, 2.75) is 18.4 Å². The molecule has 2 heterocycles. The predicted octanol–water partition coefficient (Wildman–Crippen LogP) is 1.32. The van der Waals surface area contributed by atoms with Gasteiger partial charge in [0.1, 0.15) is 17.9 Å². The molecule has 5 heteroatoms. The van der Waals surface area contributed by atoms with Crippen molar-refractivity contribution >= 4 is 10.9 Å². The Labute approximate surface area is 130 Å². The summed E-state index contributed by atoms with van der Waals surface area (Å²) in [5, 5.41) is 17.9. The van der Waals surface area contributed by atoms with E-state index in [1.807, 2.05) is 30.3 Å². The van der Waals surface area contributed by atoms with Crippen LogP contribution in [-0.2, 0) is 0 Å². The van der Waals surface area contributed by atoms with E-state index in [0.29, 0.717) is 26.2 Å². The predicted molar refractivity (Wildman–Crippen MR) is 87.2 cm³/mol. The van der Waals surface area contributed by atoms with Gasteiger partial charge in [0.2, 0.25) is 0 Å². The summed E-state index contributed by atoms with van der Waals surface area (Å²) < 4.78 is 5.82. The van der Waals surface area contributed by atoms with Crippen LogP contribution in [0.5, 0.6) is 5.75 Å². The Morgan fingerprint density at radius 3 is 3.09 bits per heavy atom. The van der Waals surface area contributed by atoms with E-state index in [-0.39, 0.29) is 0 Å². The van der Waals surface area contributed by atoms with Crippen LogP contribution in [0.4, 0.5) is 0 Å². The number of piperidine rings is 1. The van der Waals surface area contributed by atoms with Crippen LogP contribution in [0.3, 0.4) is 0 Å². The van der Waals surface area contributed by atoms with Gasteiger partial charge >= 0.3 is 0 Å². The molecule has 1 aromatic heterocycles. The topological polar surface area (TPSA) is 66.4 Å². The molecule has 1 aliphatic heterocycles. The van der Waals surface area contributed by atoms with E-state index in [1.165, 1.54) is 0 Å². The van der Waals surface area contributed by atoms with Gasteiger partial charge in [-0.15, -0.1) is 0 Å². The van der Waals surface area contributed by atoms with Crippen molar-refractivity contribution < 1.29 is 9.84 Å². The molecule has 0 bridgehead atoms. The van der Waals surface area contributed by atoms with E-state index in [9.17, 15) is 5.11 Å². The number of aromatic nitrogens is 1. The molecule has 0 radical (unpaired) electrons. The molecule has 2 aromatic rings. The lowest BCUT2D eigenvalue weighted by molar-refractivity contribution is 0.0167. The maximum absolute atomic E-state index is 10.4. The average Bonchev–Trinajstić information content (AvgIpc) is 2.55. The van der Waals surface area contributed by atoms with E-state index in [1.54, 1.807) is 6.20 Å². The summed E-state index contributed by atoms with van der Waals surface area (Å²) in [6, 6.07) is 9.89. The minimum atomic E-state index is -0.626. The van der Waals surface area contributed by atoms with E-state index < -0.39 is 5.60 Å². The Morgan fingerprint density at radius 1 is 1.32 bits per heavy atom. The number of aliphatic hydroxyl groups is 1. The standard InChI is InChI=1S/C17H23N3O2/c21-17(7-3-8-18-12-17)13-19-10-11-22-15-6-1-4-14-5-2-9-20-16(14)15/h1-2,4-6,9,18-19,21H,3,7-8,10-13H2/t17-/m1/s1. The largest absolute Gasteiger partial charge is 0.490 e. The third-order valence-electron chi connectivity index (χ3n) is 4.04. The first-order chi connectivity index (χ1) is 10.8. The summed E-state index contributed by atoms with van der Waals surface area (Å²) >= 11 is 0. The lowest BCUT2D eigenvalue weighted by atomic mass is 9.94. The Bertz CT molecular complexity index is 606. The van der Waals surface area contributed by atoms with Crippen molar-refractivity contribution in [1.29, 1.82) is 0 Å². The van der Waals surface area contributed by atoms with Crippen molar-refractivity contribution in [3.63, 3.8) is 0 Å². The summed E-state index contributed by atoms with van der Waals surface area (Å²) in [5.41, 5.74) is 0.263. The van der Waals surface area contributed by atoms with E-state index in [4.69, 9.17) is 4.74 Å². The lowest BCUT2D eigenvalue weighted by Gasteiger charge is -2.32. The first-order valence-corrected chi connectivity index (χ1v) is 7.87. The molecule has 1 aliphatic rings. The van der Waals surface area contributed by atoms with Gasteiger partial charge in [0.25, 0.3) is 0 Å². The van der Waals surface area contributed by atoms with Crippen LogP contribution < -0.4 is 15.4 Å². The van der Waals surface area contributed by atoms with Gasteiger partial charge in [-0.25, -0.2) is 0 Å². The molecule has 1 atom stereocenters. The Kier molecular flexibility index (Phi) is 4.87. The van der Waals surface area contributed by atoms with Gasteiger partial charge in [-0.2, -0.15) is 0 Å². The fourth-order valence-electron chi connectivity index (χ4n) is 2.85. The highest BCUT2D eigenvalue weighted by Crippen LogP contribution is 2.22. The monoisotopic (exact) mass is 301 g/mol. The maximum atomic E-state index is 10.4. The molecule has 3 N–H and O–H groups in total. The summed E-state index contributed by atoms with van der Waals surface area (Å²) in [5.74, 6) is 0.804. The number of fused-ring (bicyclic) bond motifs is 1. The maximum Gasteiger partial charge on any atom is 0.145 e. The zero-order chi connectivity index (χ0) is 15.3. The SMILES string of the molecule is O[C@]1(CNCCOc2cccc3cccnc23)CCCNC1. The van der Waals surface area contributed by atoms with E-state index >= 15 is 0 Å². The smallest absolute Gasteiger partial charge is 0.145 e. The van der Waals surface area contributed by atoms with Gasteiger partial charge in [-0.05, 0) is 31.5 Å². The minimum Gasteiger partial charge on any atom is -0.490 e. The van der Waals surface area contributed by atoms with Gasteiger partial charge in [0.05, 0.1) is 5.60 Å². The first kappa shape index (κ1) is 15.2. The van der Waals surface area contributed by atoms with E-state index in [0.717, 1.165) is 36.0 Å². The molecule has 5 nitrogen and oxygen atoms in total. The second-order valence-corrected chi connectivity index (χ2v) is 5.86. The Morgan fingerprint density at radius 2 is 2.23 bits per heavy atom. The highest BCUT2D eigenvalue weighted by molar-refractivity contribution is 5.84. The molecule has 22 heavy (non-hydrogen) atoms. The second kappa shape index (κ2) is 7.05. The lowest BCUT2D eigenvalue weighted by Crippen LogP contribution is -2.52. The number of hydrogen-bond donors (Lipinski definition) is 3. The van der Waals surface area contributed by atoms with Crippen LogP contribution in [0.1, 0.15) is 12.8 Å². The third kappa shape index (κ3) is 3.74. The van der Waals surface area contributed by atoms with Crippen LogP contribution in [-0.4, -0.2) is 48.5 Å². The molecule has 1 saturated heterocycles. The van der Waals surface area contributed by atoms with Crippen LogP contribution in [0, 0.1) is 0 Å². The zero-order valence-corrected chi connectivity index (χ0v) is 12.7. The average molecular weight is 301 g/mol. The van der Waals surface area contributed by atoms with Crippen molar-refractivity contribution in [2.75, 3.05) is 32.8 Å². The molecule has 0 aliphatic carbocycles. The van der Waals surface area contributed by atoms with Gasteiger partial charge in [0, 0.05) is 31.2 Å². The molecule has 0 saturated carbocycles. The molecule has 0 unspecified atom stereocenters. The number of pyridine rings is 1. The molecule has 3 rings (SSSR count). The molecular weight excluding hydrogens is 278 g/mol. The van der Waals surface area contributed by atoms with Crippen molar-refractivity contribution in [3.8, 4) is 5.75 Å². The van der Waals surface area contributed by atoms with Gasteiger partial charge in [-0.3, -0.25) is 4.98 Å². The number of ether oxygens (including phenoxy) is 1. The summed E-state index contributed by atoms with van der Waals surface area (Å²) in [7, 11) is 0. The van der Waals surface area contributed by atoms with Crippen LogP contribution in [0.2, 0.25) is 0 Å². The molecule has 1 aromatic carbocycles. The summed E-state index contributed by atoms with van der Waals surface area (Å²) in [6.07, 6.45) is 3.65. The molecule has 1 fully saturated rings. The van der Waals surface area contributed by atoms with Crippen molar-refractivity contribution in [2.24, 2.45) is 0 Å². The highest BCUT2D eigenvalue weighted by atomic mass is 16.5. The van der Waals surface area contributed by atoms with Gasteiger partial charge in [-0.1, -0.05) is 18.2 Å². The van der Waals surface area contributed by atoms with Crippen LogP contribution in [0.25, 0.3) is 10.9 Å². The van der Waals surface area contributed by atoms with Crippen LogP contribution in [0.15, 0.2) is 36.5 Å². The molecule has 118 valence electrons.